The summed E-state index contributed by atoms with van der Waals surface area (Å²) in [5.41, 5.74) is 1.83. The van der Waals surface area contributed by atoms with Gasteiger partial charge in [-0.2, -0.15) is 0 Å². The fraction of sp³-hybridized carbons (Fsp3) is 0.529. The van der Waals surface area contributed by atoms with E-state index in [1.54, 1.807) is 17.4 Å². The monoisotopic (exact) mass is 352 g/mol. The molecule has 1 aliphatic rings. The van der Waals surface area contributed by atoms with Crippen LogP contribution in [0.5, 0.6) is 0 Å². The highest BCUT2D eigenvalue weighted by atomic mass is 32.1. The fourth-order valence-corrected chi connectivity index (χ4v) is 4.27. The number of thiophene rings is 1. The van der Waals surface area contributed by atoms with Crippen LogP contribution in [0.3, 0.4) is 0 Å². The first-order valence-electron chi connectivity index (χ1n) is 8.14. The van der Waals surface area contributed by atoms with Crippen LogP contribution in [0.1, 0.15) is 53.4 Å². The highest BCUT2D eigenvalue weighted by Crippen LogP contribution is 2.37. The Bertz CT molecular complexity index is 581. The third-order valence-corrected chi connectivity index (χ3v) is 5.24. The van der Waals surface area contributed by atoms with Gasteiger partial charge in [0, 0.05) is 11.4 Å². The van der Waals surface area contributed by atoms with Crippen LogP contribution in [0.25, 0.3) is 0 Å². The molecule has 0 aliphatic heterocycles. The minimum Gasteiger partial charge on any atom is -0.462 e. The van der Waals surface area contributed by atoms with E-state index in [-0.39, 0.29) is 5.97 Å². The maximum absolute atomic E-state index is 12.5. The molecule has 1 aromatic rings. The quantitative estimate of drug-likeness (QED) is 0.475. The molecule has 0 fully saturated rings. The van der Waals surface area contributed by atoms with Crippen molar-refractivity contribution in [3.8, 4) is 0 Å². The number of anilines is 1. The lowest BCUT2D eigenvalue weighted by Crippen LogP contribution is -2.28. The molecule has 1 aliphatic carbocycles. The standard InChI is InChI=1S/C17H24N2O2S2/c1-3-11-18-17(22)19-15-14(16(20)21-4-2)12-9-7-5-6-8-10-13(12)23-15/h3H,1,4-11H2,2H3,(H2,18,19,22). The van der Waals surface area contributed by atoms with Gasteiger partial charge in [0.15, 0.2) is 5.11 Å². The number of hydrogen-bond acceptors (Lipinski definition) is 4. The molecule has 6 heteroatoms. The smallest absolute Gasteiger partial charge is 0.341 e. The molecule has 0 radical (unpaired) electrons. The maximum atomic E-state index is 12.5. The molecule has 0 amide bonds. The lowest BCUT2D eigenvalue weighted by Gasteiger charge is -2.12. The molecule has 4 nitrogen and oxygen atoms in total. The van der Waals surface area contributed by atoms with Crippen molar-refractivity contribution in [3.05, 3.63) is 28.7 Å². The predicted molar refractivity (Wildman–Crippen MR) is 101 cm³/mol. The van der Waals surface area contributed by atoms with Crippen LogP contribution in [-0.2, 0) is 17.6 Å². The Morgan fingerprint density at radius 2 is 2.09 bits per heavy atom. The molecule has 126 valence electrons. The Kier molecular flexibility index (Phi) is 7.05. The predicted octanol–water partition coefficient (Wildman–Crippen LogP) is 4.06. The maximum Gasteiger partial charge on any atom is 0.341 e. The van der Waals surface area contributed by atoms with Crippen LogP contribution in [0.15, 0.2) is 12.7 Å². The Morgan fingerprint density at radius 3 is 2.78 bits per heavy atom. The summed E-state index contributed by atoms with van der Waals surface area (Å²) in [5.74, 6) is -0.250. The van der Waals surface area contributed by atoms with Crippen LogP contribution in [-0.4, -0.2) is 24.2 Å². The largest absolute Gasteiger partial charge is 0.462 e. The van der Waals surface area contributed by atoms with Crippen LogP contribution in [0.2, 0.25) is 0 Å². The summed E-state index contributed by atoms with van der Waals surface area (Å²) in [6, 6.07) is 0. The summed E-state index contributed by atoms with van der Waals surface area (Å²) < 4.78 is 5.28. The van der Waals surface area contributed by atoms with Crippen molar-refractivity contribution >= 4 is 39.6 Å². The van der Waals surface area contributed by atoms with Gasteiger partial charge >= 0.3 is 5.97 Å². The lowest BCUT2D eigenvalue weighted by atomic mass is 9.96. The van der Waals surface area contributed by atoms with Gasteiger partial charge < -0.3 is 15.4 Å². The average molecular weight is 353 g/mol. The van der Waals surface area contributed by atoms with Crippen molar-refractivity contribution in [1.29, 1.82) is 0 Å². The normalized spacial score (nSPS) is 14.1. The van der Waals surface area contributed by atoms with Crippen LogP contribution < -0.4 is 10.6 Å². The second kappa shape index (κ2) is 9.03. The van der Waals surface area contributed by atoms with Gasteiger partial charge in [-0.25, -0.2) is 4.79 Å². The van der Waals surface area contributed by atoms with E-state index in [0.29, 0.717) is 23.8 Å². The average Bonchev–Trinajstić information content (AvgIpc) is 2.82. The summed E-state index contributed by atoms with van der Waals surface area (Å²) in [4.78, 5) is 13.8. The van der Waals surface area contributed by atoms with Gasteiger partial charge in [0.2, 0.25) is 0 Å². The third-order valence-electron chi connectivity index (χ3n) is 3.78. The molecule has 0 unspecified atom stereocenters. The number of rotatable bonds is 5. The first kappa shape index (κ1) is 17.9. The molecule has 0 saturated carbocycles. The van der Waals surface area contributed by atoms with E-state index in [1.807, 2.05) is 6.92 Å². The van der Waals surface area contributed by atoms with E-state index >= 15 is 0 Å². The summed E-state index contributed by atoms with van der Waals surface area (Å²) in [7, 11) is 0. The Hall–Kier alpha value is -1.40. The number of fused-ring (bicyclic) bond motifs is 1. The van der Waals surface area contributed by atoms with E-state index in [9.17, 15) is 4.79 Å². The zero-order chi connectivity index (χ0) is 16.7. The van der Waals surface area contributed by atoms with Crippen LogP contribution in [0, 0.1) is 0 Å². The number of carbonyl (C=O) groups is 1. The summed E-state index contributed by atoms with van der Waals surface area (Å²) in [5, 5.41) is 7.52. The minimum absolute atomic E-state index is 0.250. The molecule has 0 spiro atoms. The van der Waals surface area contributed by atoms with Crippen molar-refractivity contribution in [3.63, 3.8) is 0 Å². The number of ether oxygens (including phenoxy) is 1. The van der Waals surface area contributed by atoms with Crippen LogP contribution in [0.4, 0.5) is 5.00 Å². The second-order valence-corrected chi connectivity index (χ2v) is 6.98. The number of esters is 1. The number of thiocarbonyl (C=S) groups is 1. The third kappa shape index (κ3) is 4.78. The number of carbonyl (C=O) groups excluding carboxylic acids is 1. The van der Waals surface area contributed by atoms with Crippen molar-refractivity contribution in [2.24, 2.45) is 0 Å². The molecule has 0 saturated heterocycles. The van der Waals surface area contributed by atoms with E-state index in [4.69, 9.17) is 17.0 Å². The summed E-state index contributed by atoms with van der Waals surface area (Å²) in [6.45, 7) is 6.46. The summed E-state index contributed by atoms with van der Waals surface area (Å²) >= 11 is 6.93. The molecule has 2 rings (SSSR count). The number of nitrogens with one attached hydrogen (secondary N) is 2. The minimum atomic E-state index is -0.250. The van der Waals surface area contributed by atoms with E-state index < -0.39 is 0 Å². The summed E-state index contributed by atoms with van der Waals surface area (Å²) in [6.07, 6.45) is 8.49. The van der Waals surface area contributed by atoms with E-state index in [1.165, 1.54) is 24.1 Å². The van der Waals surface area contributed by atoms with Gasteiger partial charge in [0.25, 0.3) is 0 Å². The first-order chi connectivity index (χ1) is 11.2. The van der Waals surface area contributed by atoms with Gasteiger partial charge in [0.1, 0.15) is 5.00 Å². The van der Waals surface area contributed by atoms with Crippen molar-refractivity contribution < 1.29 is 9.53 Å². The SMILES string of the molecule is C=CCNC(=S)Nc1sc2c(c1C(=O)OCC)CCCCCC2. The second-order valence-electron chi connectivity index (χ2n) is 5.47. The molecular formula is C17H24N2O2S2. The van der Waals surface area contributed by atoms with Gasteiger partial charge in [-0.15, -0.1) is 17.9 Å². The number of hydrogen-bond donors (Lipinski definition) is 2. The Morgan fingerprint density at radius 1 is 1.35 bits per heavy atom. The fourth-order valence-electron chi connectivity index (χ4n) is 2.74. The van der Waals surface area contributed by atoms with Crippen molar-refractivity contribution in [2.75, 3.05) is 18.5 Å². The van der Waals surface area contributed by atoms with E-state index in [0.717, 1.165) is 29.8 Å². The molecule has 23 heavy (non-hydrogen) atoms. The molecule has 1 aromatic heterocycles. The molecule has 1 heterocycles. The van der Waals surface area contributed by atoms with Crippen molar-refractivity contribution in [2.45, 2.75) is 45.4 Å². The Labute approximate surface area is 147 Å². The molecule has 0 bridgehead atoms. The molecule has 0 atom stereocenters. The number of aryl methyl sites for hydroxylation is 1. The van der Waals surface area contributed by atoms with E-state index in [2.05, 4.69) is 17.2 Å². The highest BCUT2D eigenvalue weighted by Gasteiger charge is 2.25. The first-order valence-corrected chi connectivity index (χ1v) is 9.37. The van der Waals surface area contributed by atoms with Gasteiger partial charge in [-0.3, -0.25) is 0 Å². The Balaban J connectivity index is 2.31. The van der Waals surface area contributed by atoms with Crippen molar-refractivity contribution in [1.82, 2.24) is 5.32 Å². The molecule has 2 N–H and O–H groups in total. The zero-order valence-electron chi connectivity index (χ0n) is 13.6. The highest BCUT2D eigenvalue weighted by molar-refractivity contribution is 7.80. The van der Waals surface area contributed by atoms with Gasteiger partial charge in [-0.1, -0.05) is 18.9 Å². The molecule has 0 aromatic carbocycles. The topological polar surface area (TPSA) is 50.4 Å². The van der Waals surface area contributed by atoms with Crippen LogP contribution >= 0.6 is 23.6 Å². The van der Waals surface area contributed by atoms with Gasteiger partial charge in [-0.05, 0) is 50.4 Å². The van der Waals surface area contributed by atoms with Gasteiger partial charge in [0.05, 0.1) is 12.2 Å². The molecular weight excluding hydrogens is 328 g/mol. The lowest BCUT2D eigenvalue weighted by molar-refractivity contribution is 0.0526. The zero-order valence-corrected chi connectivity index (χ0v) is 15.2.